The van der Waals surface area contributed by atoms with Crippen LogP contribution in [0.2, 0.25) is 0 Å². The van der Waals surface area contributed by atoms with Gasteiger partial charge < -0.3 is 19.5 Å². The molecule has 2 aliphatic rings. The largest absolute Gasteiger partial charge is 0.471 e. The molecule has 1 N–H and O–H groups in total. The van der Waals surface area contributed by atoms with Crippen LogP contribution < -0.4 is 5.32 Å². The van der Waals surface area contributed by atoms with Gasteiger partial charge in [0.1, 0.15) is 18.2 Å². The summed E-state index contributed by atoms with van der Waals surface area (Å²) in [5.74, 6) is -5.71. The van der Waals surface area contributed by atoms with Crippen LogP contribution in [-0.4, -0.2) is 54.3 Å². The van der Waals surface area contributed by atoms with Crippen LogP contribution in [0.5, 0.6) is 0 Å². The lowest BCUT2D eigenvalue weighted by Gasteiger charge is -2.22. The van der Waals surface area contributed by atoms with E-state index >= 15 is 0 Å². The number of rotatable bonds is 3. The van der Waals surface area contributed by atoms with Crippen LogP contribution in [-0.2, 0) is 33.4 Å². The first-order valence-electron chi connectivity index (χ1n) is 6.93. The van der Waals surface area contributed by atoms with E-state index in [2.05, 4.69) is 0 Å². The fraction of sp³-hybridized carbons (Fsp3) is 0.692. The fourth-order valence-corrected chi connectivity index (χ4v) is 2.91. The van der Waals surface area contributed by atoms with E-state index in [1.807, 2.05) is 0 Å². The lowest BCUT2D eigenvalue weighted by molar-refractivity contribution is -0.176. The van der Waals surface area contributed by atoms with Crippen molar-refractivity contribution in [3.63, 3.8) is 0 Å². The summed E-state index contributed by atoms with van der Waals surface area (Å²) in [7, 11) is 0. The van der Waals surface area contributed by atoms with Gasteiger partial charge in [0, 0.05) is 19.8 Å². The summed E-state index contributed by atoms with van der Waals surface area (Å²) < 4.78 is 52.0. The third kappa shape index (κ3) is 3.60. The van der Waals surface area contributed by atoms with Crippen molar-refractivity contribution in [3.05, 3.63) is 0 Å². The zero-order chi connectivity index (χ0) is 18.2. The van der Waals surface area contributed by atoms with E-state index in [-0.39, 0.29) is 6.42 Å². The number of amides is 1. The van der Waals surface area contributed by atoms with Crippen LogP contribution in [0.15, 0.2) is 0 Å². The number of esters is 3. The third-order valence-corrected chi connectivity index (χ3v) is 3.71. The highest BCUT2D eigenvalue weighted by Crippen LogP contribution is 2.40. The summed E-state index contributed by atoms with van der Waals surface area (Å²) in [4.78, 5) is 45.1. The Morgan fingerprint density at radius 2 is 1.75 bits per heavy atom. The third-order valence-electron chi connectivity index (χ3n) is 3.71. The van der Waals surface area contributed by atoms with Gasteiger partial charge in [0.2, 0.25) is 0 Å². The number of nitrogens with one attached hydrogen (secondary N) is 1. The van der Waals surface area contributed by atoms with Crippen molar-refractivity contribution in [1.82, 2.24) is 5.32 Å². The minimum atomic E-state index is -5.17. The number of carbonyl (C=O) groups excluding carboxylic acids is 4. The first-order valence-corrected chi connectivity index (χ1v) is 6.93. The summed E-state index contributed by atoms with van der Waals surface area (Å²) in [6.07, 6.45) is -8.50. The maximum absolute atomic E-state index is 12.4. The maximum Gasteiger partial charge on any atom is 0.471 e. The average Bonchev–Trinajstić information content (AvgIpc) is 2.86. The molecule has 1 saturated heterocycles. The van der Waals surface area contributed by atoms with E-state index < -0.39 is 60.3 Å². The van der Waals surface area contributed by atoms with Crippen LogP contribution in [0.1, 0.15) is 20.3 Å². The predicted octanol–water partition coefficient (Wildman–Crippen LogP) is -0.158. The Kier molecular flexibility index (Phi) is 4.72. The van der Waals surface area contributed by atoms with Crippen LogP contribution in [0.3, 0.4) is 0 Å². The smallest absolute Gasteiger partial charge is 0.458 e. The van der Waals surface area contributed by atoms with Crippen molar-refractivity contribution in [2.75, 3.05) is 0 Å². The first-order chi connectivity index (χ1) is 11.0. The molecule has 0 radical (unpaired) electrons. The molecule has 0 aromatic heterocycles. The Hall–Kier alpha value is -2.33. The quantitative estimate of drug-likeness (QED) is 0.555. The second-order valence-corrected chi connectivity index (χ2v) is 5.47. The molecule has 0 aromatic carbocycles. The van der Waals surface area contributed by atoms with Gasteiger partial charge in [-0.15, -0.1) is 0 Å². The van der Waals surface area contributed by atoms with Crippen molar-refractivity contribution < 1.29 is 46.6 Å². The van der Waals surface area contributed by atoms with Crippen LogP contribution in [0.25, 0.3) is 0 Å². The molecule has 5 atom stereocenters. The summed E-state index contributed by atoms with van der Waals surface area (Å²) in [5, 5.41) is 1.57. The van der Waals surface area contributed by atoms with Gasteiger partial charge in [0.15, 0.2) is 6.10 Å². The van der Waals surface area contributed by atoms with Crippen LogP contribution in [0, 0.1) is 5.92 Å². The molecule has 8 nitrogen and oxygen atoms in total. The van der Waals surface area contributed by atoms with E-state index in [4.69, 9.17) is 14.2 Å². The van der Waals surface area contributed by atoms with Crippen LogP contribution >= 0.6 is 0 Å². The Labute approximate surface area is 133 Å². The Morgan fingerprint density at radius 3 is 2.25 bits per heavy atom. The van der Waals surface area contributed by atoms with Gasteiger partial charge in [-0.1, -0.05) is 0 Å². The minimum Gasteiger partial charge on any atom is -0.458 e. The number of alkyl halides is 3. The summed E-state index contributed by atoms with van der Waals surface area (Å²) in [6.45, 7) is 2.19. The van der Waals surface area contributed by atoms with Gasteiger partial charge in [0.25, 0.3) is 0 Å². The molecule has 1 aliphatic carbocycles. The Morgan fingerprint density at radius 1 is 1.17 bits per heavy atom. The molecule has 11 heteroatoms. The summed E-state index contributed by atoms with van der Waals surface area (Å²) in [6, 6.07) is -1.57. The van der Waals surface area contributed by atoms with Gasteiger partial charge >= 0.3 is 30.0 Å². The molecule has 2 fully saturated rings. The zero-order valence-corrected chi connectivity index (χ0v) is 12.6. The van der Waals surface area contributed by atoms with Gasteiger partial charge in [-0.2, -0.15) is 13.2 Å². The molecule has 1 saturated carbocycles. The second kappa shape index (κ2) is 6.29. The average molecular weight is 353 g/mol. The highest BCUT2D eigenvalue weighted by molar-refractivity contribution is 5.89. The number of carbonyl (C=O) groups is 4. The molecular weight excluding hydrogens is 339 g/mol. The van der Waals surface area contributed by atoms with Crippen LogP contribution in [0.4, 0.5) is 13.2 Å². The number of halogens is 3. The monoisotopic (exact) mass is 353 g/mol. The molecule has 0 aromatic rings. The topological polar surface area (TPSA) is 108 Å². The lowest BCUT2D eigenvalue weighted by Crippen LogP contribution is -2.48. The van der Waals surface area contributed by atoms with Crippen molar-refractivity contribution in [2.24, 2.45) is 5.92 Å². The predicted molar refractivity (Wildman–Crippen MR) is 67.1 cm³/mol. The molecule has 1 aliphatic heterocycles. The maximum atomic E-state index is 12.4. The number of fused-ring (bicyclic) bond motifs is 1. The van der Waals surface area contributed by atoms with E-state index in [1.54, 1.807) is 5.32 Å². The van der Waals surface area contributed by atoms with Crippen molar-refractivity contribution in [1.29, 1.82) is 0 Å². The van der Waals surface area contributed by atoms with Gasteiger partial charge in [-0.3, -0.25) is 14.4 Å². The minimum absolute atomic E-state index is 0.100. The van der Waals surface area contributed by atoms with Gasteiger partial charge in [-0.25, -0.2) is 4.79 Å². The summed E-state index contributed by atoms with van der Waals surface area (Å²) >= 11 is 0. The highest BCUT2D eigenvalue weighted by atomic mass is 19.4. The SMILES string of the molecule is CC(=O)O[C@H]1[C@@H]2OC(=O)[C@@H](NC(=O)C(F)(F)F)[C@@H]2C[C@H]1OC(C)=O. The molecule has 0 bridgehead atoms. The van der Waals surface area contributed by atoms with Gasteiger partial charge in [-0.05, 0) is 6.42 Å². The van der Waals surface area contributed by atoms with E-state index in [0.717, 1.165) is 13.8 Å². The highest BCUT2D eigenvalue weighted by Gasteiger charge is 2.60. The summed E-state index contributed by atoms with van der Waals surface area (Å²) in [5.41, 5.74) is 0. The number of hydrogen-bond acceptors (Lipinski definition) is 7. The lowest BCUT2D eigenvalue weighted by atomic mass is 9.98. The van der Waals surface area contributed by atoms with E-state index in [0.29, 0.717) is 0 Å². The molecule has 1 heterocycles. The molecule has 2 rings (SSSR count). The molecule has 24 heavy (non-hydrogen) atoms. The Bertz CT molecular complexity index is 576. The zero-order valence-electron chi connectivity index (χ0n) is 12.6. The van der Waals surface area contributed by atoms with Gasteiger partial charge in [0.05, 0.1) is 0 Å². The molecule has 0 unspecified atom stereocenters. The van der Waals surface area contributed by atoms with E-state index in [1.165, 1.54) is 0 Å². The van der Waals surface area contributed by atoms with Crippen molar-refractivity contribution >= 4 is 23.8 Å². The molecule has 1 amide bonds. The molecular formula is C13H14F3NO7. The second-order valence-electron chi connectivity index (χ2n) is 5.47. The number of ether oxygens (including phenoxy) is 3. The first kappa shape index (κ1) is 18.0. The fourth-order valence-electron chi connectivity index (χ4n) is 2.91. The van der Waals surface area contributed by atoms with E-state index in [9.17, 15) is 32.3 Å². The Balaban J connectivity index is 2.19. The normalized spacial score (nSPS) is 31.9. The molecule has 134 valence electrons. The van der Waals surface area contributed by atoms with Crippen molar-refractivity contribution in [2.45, 2.75) is 50.8 Å². The van der Waals surface area contributed by atoms with Crippen molar-refractivity contribution in [3.8, 4) is 0 Å². The number of hydrogen-bond donors (Lipinski definition) is 1. The standard InChI is InChI=1S/C13H14F3NO7/c1-4(18)22-7-3-6-8(17-12(21)13(14,15)16)11(20)24-9(6)10(7)23-5(2)19/h6-10H,3H2,1-2H3,(H,17,21)/t6-,7+,8-,9+,10+/m0/s1. The molecule has 0 spiro atoms.